The summed E-state index contributed by atoms with van der Waals surface area (Å²) < 4.78 is 0. The Morgan fingerprint density at radius 2 is 2.38 bits per heavy atom. The van der Waals surface area contributed by atoms with Gasteiger partial charge in [0.05, 0.1) is 0 Å². The molecule has 44 valence electrons. The maximum Gasteiger partial charge on any atom is 0.0117 e. The van der Waals surface area contributed by atoms with E-state index in [-0.39, 0.29) is 0 Å². The number of hydrogen-bond donors (Lipinski definition) is 0. The Labute approximate surface area is 51.3 Å². The molecular formula is C8H12. The molecule has 0 radical (unpaired) electrons. The second-order valence-electron chi connectivity index (χ2n) is 2.72. The lowest BCUT2D eigenvalue weighted by molar-refractivity contribution is 0.202. The van der Waals surface area contributed by atoms with Crippen LogP contribution in [0.4, 0.5) is 0 Å². The van der Waals surface area contributed by atoms with Gasteiger partial charge >= 0.3 is 0 Å². The second kappa shape index (κ2) is 2.22. The van der Waals surface area contributed by atoms with Crippen LogP contribution < -0.4 is 0 Å². The standard InChI is InChI=1S/C8H12/c1-3-4-8-6-5-7(8)2/h1,7-8H,4-6H2,2H3. The van der Waals surface area contributed by atoms with Gasteiger partial charge in [0.15, 0.2) is 0 Å². The summed E-state index contributed by atoms with van der Waals surface area (Å²) in [6, 6.07) is 0. The van der Waals surface area contributed by atoms with Crippen molar-refractivity contribution in [2.24, 2.45) is 11.8 Å². The van der Waals surface area contributed by atoms with Crippen molar-refractivity contribution in [2.45, 2.75) is 26.2 Å². The summed E-state index contributed by atoms with van der Waals surface area (Å²) in [7, 11) is 0. The molecule has 0 aromatic carbocycles. The van der Waals surface area contributed by atoms with Crippen LogP contribution in [0.3, 0.4) is 0 Å². The van der Waals surface area contributed by atoms with Gasteiger partial charge in [-0.25, -0.2) is 0 Å². The van der Waals surface area contributed by atoms with Crippen LogP contribution in [0.2, 0.25) is 0 Å². The van der Waals surface area contributed by atoms with Crippen LogP contribution in [0.1, 0.15) is 26.2 Å². The quantitative estimate of drug-likeness (QED) is 0.451. The minimum atomic E-state index is 0.861. The highest BCUT2D eigenvalue weighted by molar-refractivity contribution is 4.91. The molecule has 0 aromatic heterocycles. The molecule has 1 aliphatic rings. The normalized spacial score (nSPS) is 35.5. The zero-order valence-corrected chi connectivity index (χ0v) is 5.35. The van der Waals surface area contributed by atoms with Crippen LogP contribution in [-0.2, 0) is 0 Å². The average molecular weight is 108 g/mol. The Balaban J connectivity index is 2.19. The molecule has 2 atom stereocenters. The van der Waals surface area contributed by atoms with E-state index >= 15 is 0 Å². The summed E-state index contributed by atoms with van der Waals surface area (Å²) in [6.07, 6.45) is 8.91. The third-order valence-corrected chi connectivity index (χ3v) is 2.18. The minimum Gasteiger partial charge on any atom is -0.120 e. The highest BCUT2D eigenvalue weighted by Crippen LogP contribution is 2.35. The molecule has 1 rings (SSSR count). The first-order valence-corrected chi connectivity index (χ1v) is 3.28. The summed E-state index contributed by atoms with van der Waals surface area (Å²) in [5.74, 6) is 4.47. The van der Waals surface area contributed by atoms with Gasteiger partial charge in [0.2, 0.25) is 0 Å². The van der Waals surface area contributed by atoms with Crippen LogP contribution >= 0.6 is 0 Å². The summed E-state index contributed by atoms with van der Waals surface area (Å²) in [5.41, 5.74) is 0. The molecule has 0 heteroatoms. The lowest BCUT2D eigenvalue weighted by Gasteiger charge is -2.32. The topological polar surface area (TPSA) is 0 Å². The lowest BCUT2D eigenvalue weighted by atomic mass is 9.73. The van der Waals surface area contributed by atoms with Crippen molar-refractivity contribution in [1.29, 1.82) is 0 Å². The lowest BCUT2D eigenvalue weighted by Crippen LogP contribution is -2.21. The molecular weight excluding hydrogens is 96.1 g/mol. The summed E-state index contributed by atoms with van der Waals surface area (Å²) in [6.45, 7) is 2.28. The third kappa shape index (κ3) is 0.865. The van der Waals surface area contributed by atoms with Crippen molar-refractivity contribution in [2.75, 3.05) is 0 Å². The average Bonchev–Trinajstić information content (AvgIpc) is 1.79. The fraction of sp³-hybridized carbons (Fsp3) is 0.750. The largest absolute Gasteiger partial charge is 0.120 e. The van der Waals surface area contributed by atoms with Gasteiger partial charge in [-0.3, -0.25) is 0 Å². The van der Waals surface area contributed by atoms with Crippen molar-refractivity contribution in [3.05, 3.63) is 0 Å². The van der Waals surface area contributed by atoms with Gasteiger partial charge in [-0.1, -0.05) is 13.3 Å². The van der Waals surface area contributed by atoms with E-state index in [1.54, 1.807) is 0 Å². The number of terminal acetylenes is 1. The first-order chi connectivity index (χ1) is 3.84. The minimum absolute atomic E-state index is 0.861. The molecule has 2 unspecified atom stereocenters. The van der Waals surface area contributed by atoms with E-state index in [2.05, 4.69) is 12.8 Å². The molecule has 0 aromatic rings. The third-order valence-electron chi connectivity index (χ3n) is 2.18. The van der Waals surface area contributed by atoms with Crippen LogP contribution in [0.25, 0.3) is 0 Å². The Hall–Kier alpha value is -0.440. The molecule has 1 aliphatic carbocycles. The summed E-state index contributed by atoms with van der Waals surface area (Å²) in [5, 5.41) is 0. The van der Waals surface area contributed by atoms with E-state index in [0.717, 1.165) is 18.3 Å². The smallest absolute Gasteiger partial charge is 0.0117 e. The summed E-state index contributed by atoms with van der Waals surface area (Å²) in [4.78, 5) is 0. The molecule has 0 bridgehead atoms. The van der Waals surface area contributed by atoms with E-state index < -0.39 is 0 Å². The highest BCUT2D eigenvalue weighted by Gasteiger charge is 2.24. The molecule has 0 N–H and O–H groups in total. The van der Waals surface area contributed by atoms with E-state index in [0.29, 0.717) is 0 Å². The van der Waals surface area contributed by atoms with Crippen molar-refractivity contribution < 1.29 is 0 Å². The molecule has 1 saturated carbocycles. The predicted octanol–water partition coefficient (Wildman–Crippen LogP) is 2.06. The van der Waals surface area contributed by atoms with Crippen LogP contribution in [0.15, 0.2) is 0 Å². The van der Waals surface area contributed by atoms with Gasteiger partial charge in [-0.2, -0.15) is 0 Å². The number of hydrogen-bond acceptors (Lipinski definition) is 0. The van der Waals surface area contributed by atoms with E-state index in [1.807, 2.05) is 0 Å². The van der Waals surface area contributed by atoms with Crippen molar-refractivity contribution in [1.82, 2.24) is 0 Å². The Morgan fingerprint density at radius 3 is 2.50 bits per heavy atom. The van der Waals surface area contributed by atoms with Crippen molar-refractivity contribution in [3.8, 4) is 12.3 Å². The molecule has 1 fully saturated rings. The predicted molar refractivity (Wildman–Crippen MR) is 35.3 cm³/mol. The zero-order valence-electron chi connectivity index (χ0n) is 5.35. The maximum atomic E-state index is 5.15. The van der Waals surface area contributed by atoms with Crippen LogP contribution in [0.5, 0.6) is 0 Å². The zero-order chi connectivity index (χ0) is 5.98. The van der Waals surface area contributed by atoms with E-state index in [1.165, 1.54) is 12.8 Å². The maximum absolute atomic E-state index is 5.15. The fourth-order valence-electron chi connectivity index (χ4n) is 1.19. The summed E-state index contributed by atoms with van der Waals surface area (Å²) >= 11 is 0. The molecule has 0 aliphatic heterocycles. The van der Waals surface area contributed by atoms with Crippen molar-refractivity contribution in [3.63, 3.8) is 0 Å². The second-order valence-corrected chi connectivity index (χ2v) is 2.72. The Kier molecular flexibility index (Phi) is 1.58. The van der Waals surface area contributed by atoms with Gasteiger partial charge in [0.25, 0.3) is 0 Å². The monoisotopic (exact) mass is 108 g/mol. The molecule has 0 spiro atoms. The number of rotatable bonds is 1. The van der Waals surface area contributed by atoms with Gasteiger partial charge in [-0.05, 0) is 18.3 Å². The molecule has 0 heterocycles. The van der Waals surface area contributed by atoms with E-state index in [9.17, 15) is 0 Å². The fourth-order valence-corrected chi connectivity index (χ4v) is 1.19. The Bertz CT molecular complexity index is 108. The first-order valence-electron chi connectivity index (χ1n) is 3.28. The van der Waals surface area contributed by atoms with Gasteiger partial charge in [-0.15, -0.1) is 12.3 Å². The van der Waals surface area contributed by atoms with E-state index in [4.69, 9.17) is 6.42 Å². The van der Waals surface area contributed by atoms with Crippen LogP contribution in [0, 0.1) is 24.2 Å². The first kappa shape index (κ1) is 5.69. The van der Waals surface area contributed by atoms with Gasteiger partial charge in [0, 0.05) is 6.42 Å². The molecule has 0 nitrogen and oxygen atoms in total. The highest BCUT2D eigenvalue weighted by atomic mass is 14.3. The Morgan fingerprint density at radius 1 is 1.62 bits per heavy atom. The molecule has 8 heavy (non-hydrogen) atoms. The van der Waals surface area contributed by atoms with Gasteiger partial charge in [0.1, 0.15) is 0 Å². The van der Waals surface area contributed by atoms with Crippen LogP contribution in [-0.4, -0.2) is 0 Å². The molecule has 0 amide bonds. The SMILES string of the molecule is C#CCC1CCC1C. The van der Waals surface area contributed by atoms with Gasteiger partial charge < -0.3 is 0 Å². The van der Waals surface area contributed by atoms with Crippen molar-refractivity contribution >= 4 is 0 Å². The molecule has 0 saturated heterocycles.